The van der Waals surface area contributed by atoms with Crippen molar-refractivity contribution in [1.29, 1.82) is 0 Å². The molecule has 0 atom stereocenters. The van der Waals surface area contributed by atoms with Gasteiger partial charge in [0.2, 0.25) is 0 Å². The van der Waals surface area contributed by atoms with E-state index in [-0.39, 0.29) is 51.2 Å². The quantitative estimate of drug-likeness (QED) is 0.0946. The Bertz CT molecular complexity index is 900. The normalized spacial score (nSPS) is 11.3. The van der Waals surface area contributed by atoms with E-state index in [2.05, 4.69) is 4.90 Å². The maximum Gasteiger partial charge on any atom is 0.500 e. The van der Waals surface area contributed by atoms with Crippen LogP contribution < -0.4 is 9.47 Å². The van der Waals surface area contributed by atoms with Crippen molar-refractivity contribution < 1.29 is 41.8 Å². The molecule has 0 fully saturated rings. The number of ether oxygens (including phenoxy) is 4. The highest BCUT2D eigenvalue weighted by Crippen LogP contribution is 2.19. The van der Waals surface area contributed by atoms with Crippen molar-refractivity contribution in [3.8, 4) is 11.5 Å². The van der Waals surface area contributed by atoms with Gasteiger partial charge in [-0.05, 0) is 58.0 Å². The van der Waals surface area contributed by atoms with E-state index in [0.29, 0.717) is 45.5 Å². The minimum Gasteiger partial charge on any atom is -0.490 e. The molecule has 0 aromatic heterocycles. The summed E-state index contributed by atoms with van der Waals surface area (Å²) < 4.78 is 39.7. The molecule has 10 nitrogen and oxygen atoms in total. The molecule has 11 heteroatoms. The number of para-hydroxylation sites is 2. The molecule has 42 heavy (non-hydrogen) atoms. The SMILES string of the molecule is CCO[Si](CCCN(CCC(=O)OCCOc1ccccc1)CCC(=O)OCCOc1ccccc1)(OCC)OCC. The van der Waals surface area contributed by atoms with Gasteiger partial charge >= 0.3 is 20.7 Å². The Balaban J connectivity index is 1.81. The first-order valence-corrected chi connectivity index (χ1v) is 16.7. The lowest BCUT2D eigenvalue weighted by Crippen LogP contribution is -2.46. The van der Waals surface area contributed by atoms with E-state index >= 15 is 0 Å². The van der Waals surface area contributed by atoms with Crippen molar-refractivity contribution in [1.82, 2.24) is 4.90 Å². The fraction of sp³-hybridized carbons (Fsp3) is 0.548. The Morgan fingerprint density at radius 1 is 0.619 bits per heavy atom. The molecule has 2 rings (SSSR count). The van der Waals surface area contributed by atoms with Gasteiger partial charge in [-0.2, -0.15) is 0 Å². The van der Waals surface area contributed by atoms with Crippen LogP contribution in [0.15, 0.2) is 60.7 Å². The molecule has 0 N–H and O–H groups in total. The number of hydrogen-bond acceptors (Lipinski definition) is 10. The lowest BCUT2D eigenvalue weighted by atomic mass is 10.3. The van der Waals surface area contributed by atoms with Crippen LogP contribution in [0.2, 0.25) is 6.04 Å². The van der Waals surface area contributed by atoms with Gasteiger partial charge in [-0.15, -0.1) is 0 Å². The van der Waals surface area contributed by atoms with Gasteiger partial charge in [0.1, 0.15) is 37.9 Å². The number of benzene rings is 2. The molecule has 0 amide bonds. The Morgan fingerprint density at radius 3 is 1.45 bits per heavy atom. The average Bonchev–Trinajstić information content (AvgIpc) is 3.00. The summed E-state index contributed by atoms with van der Waals surface area (Å²) in [6.45, 7) is 9.71. The third kappa shape index (κ3) is 15.3. The number of hydrogen-bond donors (Lipinski definition) is 0. The fourth-order valence-electron chi connectivity index (χ4n) is 4.16. The first-order chi connectivity index (χ1) is 20.5. The van der Waals surface area contributed by atoms with Gasteiger partial charge in [-0.1, -0.05) is 36.4 Å². The van der Waals surface area contributed by atoms with E-state index < -0.39 is 8.80 Å². The number of rotatable bonds is 24. The molecule has 0 saturated heterocycles. The molecular formula is C31H47NO9Si. The number of nitrogens with zero attached hydrogens (tertiary/aromatic N) is 1. The van der Waals surface area contributed by atoms with Crippen LogP contribution in [-0.2, 0) is 32.3 Å². The van der Waals surface area contributed by atoms with E-state index in [9.17, 15) is 9.59 Å². The van der Waals surface area contributed by atoms with Crippen LogP contribution in [0.3, 0.4) is 0 Å². The number of esters is 2. The maximum absolute atomic E-state index is 12.4. The summed E-state index contributed by atoms with van der Waals surface area (Å²) in [6.07, 6.45) is 1.11. The van der Waals surface area contributed by atoms with E-state index in [1.807, 2.05) is 81.4 Å². The third-order valence-electron chi connectivity index (χ3n) is 6.03. The van der Waals surface area contributed by atoms with E-state index in [1.165, 1.54) is 0 Å². The van der Waals surface area contributed by atoms with Gasteiger partial charge in [0.15, 0.2) is 0 Å². The lowest BCUT2D eigenvalue weighted by Gasteiger charge is -2.29. The van der Waals surface area contributed by atoms with Crippen molar-refractivity contribution in [3.05, 3.63) is 60.7 Å². The molecular weight excluding hydrogens is 558 g/mol. The van der Waals surface area contributed by atoms with Crippen molar-refractivity contribution in [2.75, 3.05) is 65.9 Å². The smallest absolute Gasteiger partial charge is 0.490 e. The van der Waals surface area contributed by atoms with E-state index in [0.717, 1.165) is 17.9 Å². The molecule has 0 aliphatic rings. The maximum atomic E-state index is 12.4. The summed E-state index contributed by atoms with van der Waals surface area (Å²) >= 11 is 0. The molecule has 2 aromatic carbocycles. The summed E-state index contributed by atoms with van der Waals surface area (Å²) in [5, 5.41) is 0. The largest absolute Gasteiger partial charge is 0.500 e. The van der Waals surface area contributed by atoms with Crippen LogP contribution in [-0.4, -0.2) is 91.5 Å². The van der Waals surface area contributed by atoms with Gasteiger partial charge in [0, 0.05) is 39.0 Å². The second-order valence-corrected chi connectivity index (χ2v) is 11.9. The van der Waals surface area contributed by atoms with Crippen molar-refractivity contribution >= 4 is 20.7 Å². The van der Waals surface area contributed by atoms with Gasteiger partial charge in [-0.25, -0.2) is 0 Å². The molecule has 234 valence electrons. The monoisotopic (exact) mass is 605 g/mol. The minimum absolute atomic E-state index is 0.163. The van der Waals surface area contributed by atoms with Gasteiger partial charge in [-0.3, -0.25) is 9.59 Å². The van der Waals surface area contributed by atoms with Crippen LogP contribution >= 0.6 is 0 Å². The first-order valence-electron chi connectivity index (χ1n) is 14.8. The standard InChI is InChI=1S/C31H47NO9Si/c1-4-39-42(40-5-2,41-6-3)27-13-20-32(21-18-30(33)37-25-23-35-28-14-9-7-10-15-28)22-19-31(34)38-26-24-36-29-16-11-8-12-17-29/h7-12,14-17H,4-6,13,18-27H2,1-3H3. The highest BCUT2D eigenvalue weighted by atomic mass is 28.4. The molecule has 0 aliphatic carbocycles. The van der Waals surface area contributed by atoms with Crippen LogP contribution in [0, 0.1) is 0 Å². The van der Waals surface area contributed by atoms with Crippen LogP contribution in [0.25, 0.3) is 0 Å². The molecule has 0 aliphatic heterocycles. The molecule has 0 heterocycles. The van der Waals surface area contributed by atoms with Gasteiger partial charge in [0.05, 0.1) is 12.8 Å². The zero-order valence-electron chi connectivity index (χ0n) is 25.3. The van der Waals surface area contributed by atoms with Gasteiger partial charge < -0.3 is 37.1 Å². The molecule has 0 spiro atoms. The highest BCUT2D eigenvalue weighted by Gasteiger charge is 2.39. The van der Waals surface area contributed by atoms with Crippen molar-refractivity contribution in [2.24, 2.45) is 0 Å². The van der Waals surface area contributed by atoms with Crippen LogP contribution in [0.1, 0.15) is 40.0 Å². The summed E-state index contributed by atoms with van der Waals surface area (Å²) in [5.41, 5.74) is 0. The Labute approximate surface area is 251 Å². The Hall–Kier alpha value is -2.96. The summed E-state index contributed by atoms with van der Waals surface area (Å²) in [5.74, 6) is 0.811. The zero-order valence-corrected chi connectivity index (χ0v) is 26.3. The molecule has 0 bridgehead atoms. The minimum atomic E-state index is -2.79. The topological polar surface area (TPSA) is 102 Å². The molecule has 0 saturated carbocycles. The van der Waals surface area contributed by atoms with Crippen molar-refractivity contribution in [3.63, 3.8) is 0 Å². The summed E-state index contributed by atoms with van der Waals surface area (Å²) in [7, 11) is -2.79. The predicted octanol–water partition coefficient (Wildman–Crippen LogP) is 4.75. The Kier molecular flexibility index (Phi) is 18.2. The number of carbonyl (C=O) groups is 2. The van der Waals surface area contributed by atoms with E-state index in [1.54, 1.807) is 0 Å². The zero-order chi connectivity index (χ0) is 30.3. The second-order valence-electron chi connectivity index (χ2n) is 9.19. The van der Waals surface area contributed by atoms with Crippen LogP contribution in [0.4, 0.5) is 0 Å². The lowest BCUT2D eigenvalue weighted by molar-refractivity contribution is -0.144. The molecule has 0 radical (unpaired) electrons. The summed E-state index contributed by atoms with van der Waals surface area (Å²) in [6, 6.07) is 19.4. The van der Waals surface area contributed by atoms with Crippen molar-refractivity contribution in [2.45, 2.75) is 46.1 Å². The van der Waals surface area contributed by atoms with Gasteiger partial charge in [0.25, 0.3) is 0 Å². The van der Waals surface area contributed by atoms with E-state index in [4.69, 9.17) is 32.2 Å². The average molecular weight is 606 g/mol. The Morgan fingerprint density at radius 2 is 1.05 bits per heavy atom. The number of carbonyl (C=O) groups excluding carboxylic acids is 2. The second kappa shape index (κ2) is 21.7. The predicted molar refractivity (Wildman–Crippen MR) is 162 cm³/mol. The highest BCUT2D eigenvalue weighted by molar-refractivity contribution is 6.60. The molecule has 0 unspecified atom stereocenters. The molecule has 2 aromatic rings. The first kappa shape index (κ1) is 35.2. The fourth-order valence-corrected chi connectivity index (χ4v) is 6.76. The third-order valence-corrected chi connectivity index (χ3v) is 9.18. The van der Waals surface area contributed by atoms with Crippen LogP contribution in [0.5, 0.6) is 11.5 Å². The summed E-state index contributed by atoms with van der Waals surface area (Å²) in [4.78, 5) is 26.9.